The van der Waals surface area contributed by atoms with Crippen molar-refractivity contribution >= 4 is 22.9 Å². The van der Waals surface area contributed by atoms with Crippen molar-refractivity contribution in [2.24, 2.45) is 0 Å². The number of benzene rings is 1. The summed E-state index contributed by atoms with van der Waals surface area (Å²) in [6, 6.07) is 13.1. The van der Waals surface area contributed by atoms with E-state index in [4.69, 9.17) is 16.9 Å². The van der Waals surface area contributed by atoms with Crippen LogP contribution in [-0.4, -0.2) is 9.38 Å². The average Bonchev–Trinajstić information content (AvgIpc) is 2.88. The first-order chi connectivity index (χ1) is 9.76. The molecule has 2 heterocycles. The van der Waals surface area contributed by atoms with Crippen molar-refractivity contribution in [2.45, 2.75) is 6.54 Å². The van der Waals surface area contributed by atoms with Crippen molar-refractivity contribution in [3.05, 3.63) is 65.1 Å². The van der Waals surface area contributed by atoms with E-state index in [1.54, 1.807) is 18.2 Å². The van der Waals surface area contributed by atoms with Gasteiger partial charge in [0.1, 0.15) is 11.7 Å². The number of fused-ring (bicyclic) bond motifs is 1. The quantitative estimate of drug-likeness (QED) is 0.800. The lowest BCUT2D eigenvalue weighted by atomic mass is 10.2. The SMILES string of the molecule is N#Cc1ccc(Cl)cc1NCc1cn2ccccc2n1. The maximum atomic E-state index is 9.07. The lowest BCUT2D eigenvalue weighted by Gasteiger charge is -2.06. The van der Waals surface area contributed by atoms with Crippen molar-refractivity contribution < 1.29 is 0 Å². The summed E-state index contributed by atoms with van der Waals surface area (Å²) < 4.78 is 1.96. The Morgan fingerprint density at radius 3 is 3.00 bits per heavy atom. The first-order valence-electron chi connectivity index (χ1n) is 6.12. The summed E-state index contributed by atoms with van der Waals surface area (Å²) in [7, 11) is 0. The monoisotopic (exact) mass is 282 g/mol. The molecule has 0 bridgehead atoms. The number of pyridine rings is 1. The highest BCUT2D eigenvalue weighted by atomic mass is 35.5. The van der Waals surface area contributed by atoms with Crippen LogP contribution in [0.3, 0.4) is 0 Å². The molecule has 98 valence electrons. The van der Waals surface area contributed by atoms with Crippen LogP contribution in [0.25, 0.3) is 5.65 Å². The van der Waals surface area contributed by atoms with Gasteiger partial charge in [-0.1, -0.05) is 17.7 Å². The van der Waals surface area contributed by atoms with Gasteiger partial charge in [0.25, 0.3) is 0 Å². The fourth-order valence-electron chi connectivity index (χ4n) is 2.02. The molecule has 4 nitrogen and oxygen atoms in total. The number of rotatable bonds is 3. The predicted molar refractivity (Wildman–Crippen MR) is 78.7 cm³/mol. The highest BCUT2D eigenvalue weighted by Gasteiger charge is 2.05. The molecule has 2 aromatic heterocycles. The number of imidazole rings is 1. The van der Waals surface area contributed by atoms with Gasteiger partial charge >= 0.3 is 0 Å². The molecule has 0 amide bonds. The first kappa shape index (κ1) is 12.5. The highest BCUT2D eigenvalue weighted by molar-refractivity contribution is 6.30. The van der Waals surface area contributed by atoms with Crippen molar-refractivity contribution in [3.8, 4) is 6.07 Å². The molecule has 0 aliphatic carbocycles. The van der Waals surface area contributed by atoms with E-state index in [1.165, 1.54) is 0 Å². The molecule has 0 saturated heterocycles. The summed E-state index contributed by atoms with van der Waals surface area (Å²) in [4.78, 5) is 4.49. The zero-order valence-corrected chi connectivity index (χ0v) is 11.3. The van der Waals surface area contributed by atoms with Crippen molar-refractivity contribution in [1.29, 1.82) is 5.26 Å². The van der Waals surface area contributed by atoms with Crippen LogP contribution >= 0.6 is 11.6 Å². The molecule has 0 unspecified atom stereocenters. The topological polar surface area (TPSA) is 53.1 Å². The number of anilines is 1. The van der Waals surface area contributed by atoms with E-state index >= 15 is 0 Å². The number of aromatic nitrogens is 2. The molecular formula is C15H11ClN4. The lowest BCUT2D eigenvalue weighted by molar-refractivity contribution is 1.08. The number of nitrogens with zero attached hydrogens (tertiary/aromatic N) is 3. The summed E-state index contributed by atoms with van der Waals surface area (Å²) >= 11 is 5.95. The Morgan fingerprint density at radius 1 is 1.30 bits per heavy atom. The van der Waals surface area contributed by atoms with Gasteiger partial charge < -0.3 is 9.72 Å². The molecule has 20 heavy (non-hydrogen) atoms. The van der Waals surface area contributed by atoms with E-state index in [-0.39, 0.29) is 0 Å². The first-order valence-corrected chi connectivity index (χ1v) is 6.50. The van der Waals surface area contributed by atoms with Crippen LogP contribution in [-0.2, 0) is 6.54 Å². The zero-order chi connectivity index (χ0) is 13.9. The van der Waals surface area contributed by atoms with Crippen LogP contribution in [0.2, 0.25) is 5.02 Å². The van der Waals surface area contributed by atoms with Gasteiger partial charge in [-0.3, -0.25) is 0 Å². The van der Waals surface area contributed by atoms with Gasteiger partial charge in [0.2, 0.25) is 0 Å². The average molecular weight is 283 g/mol. The van der Waals surface area contributed by atoms with Crippen molar-refractivity contribution in [2.75, 3.05) is 5.32 Å². The third kappa shape index (κ3) is 2.44. The second-order valence-electron chi connectivity index (χ2n) is 4.35. The molecule has 0 atom stereocenters. The van der Waals surface area contributed by atoms with Crippen LogP contribution in [0, 0.1) is 11.3 Å². The Balaban J connectivity index is 1.83. The fourth-order valence-corrected chi connectivity index (χ4v) is 2.19. The van der Waals surface area contributed by atoms with Gasteiger partial charge in [-0.15, -0.1) is 0 Å². The number of nitriles is 1. The van der Waals surface area contributed by atoms with E-state index in [1.807, 2.05) is 35.0 Å². The van der Waals surface area contributed by atoms with E-state index in [2.05, 4.69) is 16.4 Å². The van der Waals surface area contributed by atoms with Gasteiger partial charge in [0.05, 0.1) is 23.5 Å². The normalized spacial score (nSPS) is 10.4. The maximum Gasteiger partial charge on any atom is 0.137 e. The standard InChI is InChI=1S/C15H11ClN4/c16-12-5-4-11(8-17)14(7-12)18-9-13-10-20-6-2-1-3-15(20)19-13/h1-7,10,18H,9H2. The summed E-state index contributed by atoms with van der Waals surface area (Å²) in [6.07, 6.45) is 3.91. The molecule has 0 fully saturated rings. The number of halogens is 1. The Labute approximate surface area is 121 Å². The third-order valence-corrected chi connectivity index (χ3v) is 3.21. The Morgan fingerprint density at radius 2 is 2.20 bits per heavy atom. The third-order valence-electron chi connectivity index (χ3n) is 2.98. The largest absolute Gasteiger partial charge is 0.378 e. The summed E-state index contributed by atoms with van der Waals surface area (Å²) in [5, 5.41) is 12.9. The minimum absolute atomic E-state index is 0.538. The Hall–Kier alpha value is -2.51. The molecule has 1 aromatic carbocycles. The van der Waals surface area contributed by atoms with Crippen molar-refractivity contribution in [3.63, 3.8) is 0 Å². The molecule has 1 N–H and O–H groups in total. The van der Waals surface area contributed by atoms with Crippen LogP contribution in [0.5, 0.6) is 0 Å². The van der Waals surface area contributed by atoms with E-state index in [0.717, 1.165) is 17.0 Å². The Bertz CT molecular complexity index is 768. The predicted octanol–water partition coefficient (Wildman–Crippen LogP) is 3.47. The molecule has 0 radical (unpaired) electrons. The molecule has 0 spiro atoms. The minimum Gasteiger partial charge on any atom is -0.378 e. The van der Waals surface area contributed by atoms with Gasteiger partial charge in [-0.25, -0.2) is 4.98 Å². The molecule has 0 aliphatic heterocycles. The molecule has 3 aromatic rings. The fraction of sp³-hybridized carbons (Fsp3) is 0.0667. The van der Waals surface area contributed by atoms with E-state index in [9.17, 15) is 0 Å². The number of hydrogen-bond acceptors (Lipinski definition) is 3. The molecule has 3 rings (SSSR count). The van der Waals surface area contributed by atoms with Gasteiger partial charge in [-0.2, -0.15) is 5.26 Å². The Kier molecular flexibility index (Phi) is 3.28. The van der Waals surface area contributed by atoms with E-state index in [0.29, 0.717) is 17.1 Å². The summed E-state index contributed by atoms with van der Waals surface area (Å²) in [6.45, 7) is 0.538. The zero-order valence-electron chi connectivity index (χ0n) is 10.5. The smallest absolute Gasteiger partial charge is 0.137 e. The number of nitrogens with one attached hydrogen (secondary N) is 1. The molecule has 0 aliphatic rings. The maximum absolute atomic E-state index is 9.07. The van der Waals surface area contributed by atoms with Crippen LogP contribution < -0.4 is 5.32 Å². The van der Waals surface area contributed by atoms with Crippen LogP contribution in [0.1, 0.15) is 11.3 Å². The summed E-state index contributed by atoms with van der Waals surface area (Å²) in [5.74, 6) is 0. The van der Waals surface area contributed by atoms with Gasteiger partial charge in [-0.05, 0) is 30.3 Å². The molecule has 5 heteroatoms. The molecule has 0 saturated carbocycles. The second kappa shape index (κ2) is 5.24. The highest BCUT2D eigenvalue weighted by Crippen LogP contribution is 2.21. The summed E-state index contributed by atoms with van der Waals surface area (Å²) in [5.41, 5.74) is 3.09. The molecular weight excluding hydrogens is 272 g/mol. The minimum atomic E-state index is 0.538. The van der Waals surface area contributed by atoms with E-state index < -0.39 is 0 Å². The van der Waals surface area contributed by atoms with Crippen molar-refractivity contribution in [1.82, 2.24) is 9.38 Å². The van der Waals surface area contributed by atoms with Crippen LogP contribution in [0.15, 0.2) is 48.8 Å². The second-order valence-corrected chi connectivity index (χ2v) is 4.79. The lowest BCUT2D eigenvalue weighted by Crippen LogP contribution is -2.01. The van der Waals surface area contributed by atoms with Crippen LogP contribution in [0.4, 0.5) is 5.69 Å². The van der Waals surface area contributed by atoms with Gasteiger partial charge in [0.15, 0.2) is 0 Å². The van der Waals surface area contributed by atoms with Gasteiger partial charge in [0, 0.05) is 17.4 Å². The number of hydrogen-bond donors (Lipinski definition) is 1.